The molecule has 1 saturated carbocycles. The molecule has 0 saturated heterocycles. The molecule has 23 heavy (non-hydrogen) atoms. The maximum absolute atomic E-state index is 11.8. The van der Waals surface area contributed by atoms with Crippen molar-refractivity contribution in [3.8, 4) is 0 Å². The number of rotatable bonds is 6. The first-order valence-corrected chi connectivity index (χ1v) is 8.66. The van der Waals surface area contributed by atoms with Gasteiger partial charge in [-0.25, -0.2) is 0 Å². The van der Waals surface area contributed by atoms with Gasteiger partial charge in [-0.15, -0.1) is 0 Å². The summed E-state index contributed by atoms with van der Waals surface area (Å²) < 4.78 is 4.99. The average Bonchev–Trinajstić information content (AvgIpc) is 2.54. The number of amides is 1. The van der Waals surface area contributed by atoms with Crippen molar-refractivity contribution in [3.05, 3.63) is 33.8 Å². The Kier molecular flexibility index (Phi) is 7.18. The van der Waals surface area contributed by atoms with Gasteiger partial charge in [-0.2, -0.15) is 0 Å². The van der Waals surface area contributed by atoms with E-state index in [1.54, 1.807) is 18.2 Å². The Morgan fingerprint density at radius 3 is 2.61 bits per heavy atom. The van der Waals surface area contributed by atoms with Gasteiger partial charge in [-0.1, -0.05) is 48.5 Å². The van der Waals surface area contributed by atoms with Gasteiger partial charge in [0.2, 0.25) is 0 Å². The third-order valence-corrected chi connectivity index (χ3v) is 4.61. The fourth-order valence-corrected chi connectivity index (χ4v) is 3.19. The molecule has 1 aliphatic rings. The average molecular weight is 358 g/mol. The number of esters is 1. The van der Waals surface area contributed by atoms with Gasteiger partial charge < -0.3 is 10.1 Å². The molecule has 0 radical (unpaired) electrons. The van der Waals surface area contributed by atoms with Crippen molar-refractivity contribution in [2.45, 2.75) is 38.5 Å². The van der Waals surface area contributed by atoms with Gasteiger partial charge in [0.25, 0.3) is 5.91 Å². The van der Waals surface area contributed by atoms with Crippen molar-refractivity contribution in [2.24, 2.45) is 5.92 Å². The predicted octanol–water partition coefficient (Wildman–Crippen LogP) is 3.78. The van der Waals surface area contributed by atoms with Crippen LogP contribution in [0.3, 0.4) is 0 Å². The molecule has 0 heterocycles. The van der Waals surface area contributed by atoms with E-state index in [0.717, 1.165) is 12.8 Å². The second kappa shape index (κ2) is 9.14. The lowest BCUT2D eigenvalue weighted by Gasteiger charge is -2.21. The number of carbonyl (C=O) groups is 2. The third-order valence-electron chi connectivity index (χ3n) is 4.03. The number of ether oxygens (including phenoxy) is 1. The summed E-state index contributed by atoms with van der Waals surface area (Å²) >= 11 is 11.8. The van der Waals surface area contributed by atoms with Gasteiger partial charge in [0.05, 0.1) is 6.42 Å². The fourth-order valence-electron chi connectivity index (χ4n) is 2.72. The van der Waals surface area contributed by atoms with Gasteiger partial charge in [0.1, 0.15) is 0 Å². The normalized spacial score (nSPS) is 15.2. The predicted molar refractivity (Wildman–Crippen MR) is 90.7 cm³/mol. The minimum Gasteiger partial charge on any atom is -0.455 e. The standard InChI is InChI=1S/C17H21Cl2NO3/c18-14-7-6-13(15(19)9-14)8-17(22)23-11-16(21)20-10-12-4-2-1-3-5-12/h6-7,9,12H,1-5,8,10-11H2,(H,20,21). The van der Waals surface area contributed by atoms with Crippen molar-refractivity contribution in [1.82, 2.24) is 5.32 Å². The molecule has 126 valence electrons. The van der Waals surface area contributed by atoms with E-state index in [9.17, 15) is 9.59 Å². The smallest absolute Gasteiger partial charge is 0.310 e. The zero-order chi connectivity index (χ0) is 16.7. The number of hydrogen-bond acceptors (Lipinski definition) is 3. The molecule has 1 N–H and O–H groups in total. The highest BCUT2D eigenvalue weighted by atomic mass is 35.5. The largest absolute Gasteiger partial charge is 0.455 e. The topological polar surface area (TPSA) is 55.4 Å². The SMILES string of the molecule is O=C(COC(=O)Cc1ccc(Cl)cc1Cl)NCC1CCCCC1. The van der Waals surface area contributed by atoms with Crippen LogP contribution in [0, 0.1) is 5.92 Å². The molecule has 1 amide bonds. The Balaban J connectivity index is 1.68. The Morgan fingerprint density at radius 2 is 1.91 bits per heavy atom. The maximum atomic E-state index is 11.8. The van der Waals surface area contributed by atoms with E-state index >= 15 is 0 Å². The van der Waals surface area contributed by atoms with Crippen LogP contribution in [0.15, 0.2) is 18.2 Å². The maximum Gasteiger partial charge on any atom is 0.310 e. The molecule has 0 aromatic heterocycles. The van der Waals surface area contributed by atoms with Gasteiger partial charge in [0.15, 0.2) is 6.61 Å². The number of carbonyl (C=O) groups excluding carboxylic acids is 2. The Bertz CT molecular complexity index is 557. The molecule has 1 aromatic rings. The Labute approximate surface area is 146 Å². The highest BCUT2D eigenvalue weighted by Crippen LogP contribution is 2.23. The summed E-state index contributed by atoms with van der Waals surface area (Å²) in [6, 6.07) is 4.91. The van der Waals surface area contributed by atoms with Gasteiger partial charge in [-0.3, -0.25) is 9.59 Å². The van der Waals surface area contributed by atoms with Gasteiger partial charge in [0, 0.05) is 16.6 Å². The summed E-state index contributed by atoms with van der Waals surface area (Å²) in [5, 5.41) is 3.75. The van der Waals surface area contributed by atoms with E-state index in [1.165, 1.54) is 19.3 Å². The summed E-state index contributed by atoms with van der Waals surface area (Å²) in [5.74, 6) is -0.190. The van der Waals surface area contributed by atoms with Crippen LogP contribution >= 0.6 is 23.2 Å². The van der Waals surface area contributed by atoms with Crippen molar-refractivity contribution >= 4 is 35.1 Å². The lowest BCUT2D eigenvalue weighted by molar-refractivity contribution is -0.147. The van der Waals surface area contributed by atoms with Crippen LogP contribution in [0.4, 0.5) is 0 Å². The molecular formula is C17H21Cl2NO3. The molecule has 0 spiro atoms. The number of halogens is 2. The number of hydrogen-bond donors (Lipinski definition) is 1. The Hall–Kier alpha value is -1.26. The lowest BCUT2D eigenvalue weighted by atomic mass is 9.89. The fraction of sp³-hybridized carbons (Fsp3) is 0.529. The summed E-state index contributed by atoms with van der Waals surface area (Å²) in [7, 11) is 0. The van der Waals surface area contributed by atoms with E-state index < -0.39 is 5.97 Å². The van der Waals surface area contributed by atoms with Crippen molar-refractivity contribution in [3.63, 3.8) is 0 Å². The molecule has 2 rings (SSSR count). The monoisotopic (exact) mass is 357 g/mol. The zero-order valence-corrected chi connectivity index (χ0v) is 14.5. The molecule has 0 bridgehead atoms. The molecule has 0 unspecified atom stereocenters. The van der Waals surface area contributed by atoms with Gasteiger partial charge in [-0.05, 0) is 36.5 Å². The molecule has 6 heteroatoms. The van der Waals surface area contributed by atoms with Crippen LogP contribution in [-0.4, -0.2) is 25.0 Å². The third kappa shape index (κ3) is 6.40. The molecule has 0 atom stereocenters. The van der Waals surface area contributed by atoms with Crippen molar-refractivity contribution in [1.29, 1.82) is 0 Å². The second-order valence-corrected chi connectivity index (χ2v) is 6.72. The minimum atomic E-state index is -0.484. The summed E-state index contributed by atoms with van der Waals surface area (Å²) in [6.07, 6.45) is 6.10. The first-order chi connectivity index (χ1) is 11.0. The highest BCUT2D eigenvalue weighted by molar-refractivity contribution is 6.35. The van der Waals surface area contributed by atoms with Crippen LogP contribution < -0.4 is 5.32 Å². The Morgan fingerprint density at radius 1 is 1.17 bits per heavy atom. The molecule has 1 aromatic carbocycles. The van der Waals surface area contributed by atoms with Crippen LogP contribution in [0.25, 0.3) is 0 Å². The van der Waals surface area contributed by atoms with E-state index in [0.29, 0.717) is 28.1 Å². The van der Waals surface area contributed by atoms with E-state index in [1.807, 2.05) is 0 Å². The van der Waals surface area contributed by atoms with Crippen LogP contribution in [0.1, 0.15) is 37.7 Å². The number of nitrogens with one attached hydrogen (secondary N) is 1. The zero-order valence-electron chi connectivity index (χ0n) is 12.9. The van der Waals surface area contributed by atoms with Gasteiger partial charge >= 0.3 is 5.97 Å². The molecule has 1 fully saturated rings. The summed E-state index contributed by atoms with van der Waals surface area (Å²) in [6.45, 7) is 0.413. The minimum absolute atomic E-state index is 0.0197. The summed E-state index contributed by atoms with van der Waals surface area (Å²) in [5.41, 5.74) is 0.628. The first-order valence-electron chi connectivity index (χ1n) is 7.91. The highest BCUT2D eigenvalue weighted by Gasteiger charge is 2.15. The summed E-state index contributed by atoms with van der Waals surface area (Å²) in [4.78, 5) is 23.5. The van der Waals surface area contributed by atoms with E-state index in [2.05, 4.69) is 5.32 Å². The van der Waals surface area contributed by atoms with Crippen LogP contribution in [-0.2, 0) is 20.7 Å². The van der Waals surface area contributed by atoms with Crippen molar-refractivity contribution in [2.75, 3.05) is 13.2 Å². The van der Waals surface area contributed by atoms with Crippen molar-refractivity contribution < 1.29 is 14.3 Å². The lowest BCUT2D eigenvalue weighted by Crippen LogP contribution is -2.33. The van der Waals surface area contributed by atoms with Crippen LogP contribution in [0.5, 0.6) is 0 Å². The molecule has 0 aliphatic heterocycles. The van der Waals surface area contributed by atoms with Crippen LogP contribution in [0.2, 0.25) is 10.0 Å². The molecule has 4 nitrogen and oxygen atoms in total. The van der Waals surface area contributed by atoms with E-state index in [-0.39, 0.29) is 18.9 Å². The quantitative estimate of drug-likeness (QED) is 0.788. The first kappa shape index (κ1) is 18.1. The molecule has 1 aliphatic carbocycles. The molecular weight excluding hydrogens is 337 g/mol. The second-order valence-electron chi connectivity index (χ2n) is 5.88. The number of benzene rings is 1. The van der Waals surface area contributed by atoms with E-state index in [4.69, 9.17) is 27.9 Å².